The Balaban J connectivity index is 1.65. The topological polar surface area (TPSA) is 73.4 Å². The maximum absolute atomic E-state index is 12.7. The number of carbonyl (C=O) groups is 1. The summed E-state index contributed by atoms with van der Waals surface area (Å²) in [6.45, 7) is 6.69. The zero-order chi connectivity index (χ0) is 16.9. The summed E-state index contributed by atoms with van der Waals surface area (Å²) in [5.41, 5.74) is 0.826. The summed E-state index contributed by atoms with van der Waals surface area (Å²) in [4.78, 5) is 14.5. The minimum atomic E-state index is -0.117. The second kappa shape index (κ2) is 7.61. The van der Waals surface area contributed by atoms with Gasteiger partial charge in [0.2, 0.25) is 5.76 Å². The van der Waals surface area contributed by atoms with Crippen LogP contribution in [0.25, 0.3) is 0 Å². The molecule has 130 valence electrons. The maximum atomic E-state index is 12.7. The molecule has 1 aliphatic rings. The molecule has 7 heteroatoms. The number of nitrogens with zero attached hydrogens (tertiary/aromatic N) is 4. The van der Waals surface area contributed by atoms with E-state index < -0.39 is 0 Å². The van der Waals surface area contributed by atoms with Crippen LogP contribution in [0.15, 0.2) is 29.0 Å². The molecule has 3 heterocycles. The highest BCUT2D eigenvalue weighted by molar-refractivity contribution is 5.91. The molecular formula is C17H24N4O3. The van der Waals surface area contributed by atoms with E-state index in [4.69, 9.17) is 9.26 Å². The lowest BCUT2D eigenvalue weighted by molar-refractivity contribution is 0.0355. The number of rotatable bonds is 5. The molecular weight excluding hydrogens is 308 g/mol. The van der Waals surface area contributed by atoms with Gasteiger partial charge >= 0.3 is 0 Å². The largest absolute Gasteiger partial charge is 0.374 e. The van der Waals surface area contributed by atoms with Gasteiger partial charge in [0.05, 0.1) is 18.3 Å². The van der Waals surface area contributed by atoms with Gasteiger partial charge < -0.3 is 14.2 Å². The average molecular weight is 332 g/mol. The van der Waals surface area contributed by atoms with E-state index in [-0.39, 0.29) is 12.0 Å². The van der Waals surface area contributed by atoms with Crippen molar-refractivity contribution in [1.82, 2.24) is 19.8 Å². The number of ether oxygens (including phenoxy) is 1. The van der Waals surface area contributed by atoms with Gasteiger partial charge in [-0.25, -0.2) is 0 Å². The molecule has 1 saturated heterocycles. The molecule has 1 atom stereocenters. The van der Waals surface area contributed by atoms with Crippen LogP contribution in [-0.4, -0.2) is 51.5 Å². The van der Waals surface area contributed by atoms with Gasteiger partial charge in [0.1, 0.15) is 0 Å². The third kappa shape index (κ3) is 4.23. The molecule has 0 saturated carbocycles. The van der Waals surface area contributed by atoms with Crippen molar-refractivity contribution in [3.05, 3.63) is 36.0 Å². The third-order valence-corrected chi connectivity index (χ3v) is 3.97. The van der Waals surface area contributed by atoms with Crippen LogP contribution in [-0.2, 0) is 17.7 Å². The molecule has 0 N–H and O–H groups in total. The Morgan fingerprint density at radius 1 is 1.46 bits per heavy atom. The molecule has 1 aliphatic heterocycles. The first-order valence-electron chi connectivity index (χ1n) is 8.45. The van der Waals surface area contributed by atoms with Crippen LogP contribution in [0.2, 0.25) is 0 Å². The standard InChI is InChI=1S/C17H24N4O3/c1-13(2)9-14-10-16(24-19-14)17(22)20-6-4-8-23-15(11-20)12-21-7-3-5-18-21/h3,5,7,10,13,15H,4,6,8-9,11-12H2,1-2H3. The Morgan fingerprint density at radius 2 is 2.33 bits per heavy atom. The van der Waals surface area contributed by atoms with Crippen molar-refractivity contribution in [1.29, 1.82) is 0 Å². The van der Waals surface area contributed by atoms with Gasteiger partial charge in [0.15, 0.2) is 0 Å². The van der Waals surface area contributed by atoms with Crippen molar-refractivity contribution < 1.29 is 14.1 Å². The van der Waals surface area contributed by atoms with E-state index in [2.05, 4.69) is 24.1 Å². The molecule has 24 heavy (non-hydrogen) atoms. The van der Waals surface area contributed by atoms with Crippen molar-refractivity contribution in [2.24, 2.45) is 5.92 Å². The maximum Gasteiger partial charge on any atom is 0.292 e. The Morgan fingerprint density at radius 3 is 3.08 bits per heavy atom. The SMILES string of the molecule is CC(C)Cc1cc(C(=O)N2CCCOC(Cn3cccn3)C2)on1. The normalized spacial score (nSPS) is 18.8. The second-order valence-electron chi connectivity index (χ2n) is 6.61. The van der Waals surface area contributed by atoms with Crippen LogP contribution >= 0.6 is 0 Å². The van der Waals surface area contributed by atoms with Gasteiger partial charge in [0, 0.05) is 38.2 Å². The van der Waals surface area contributed by atoms with Gasteiger partial charge in [-0.3, -0.25) is 9.48 Å². The van der Waals surface area contributed by atoms with Crippen LogP contribution in [0.3, 0.4) is 0 Å². The molecule has 1 amide bonds. The minimum Gasteiger partial charge on any atom is -0.374 e. The molecule has 1 unspecified atom stereocenters. The highest BCUT2D eigenvalue weighted by atomic mass is 16.5. The fourth-order valence-corrected chi connectivity index (χ4v) is 2.89. The van der Waals surface area contributed by atoms with E-state index in [0.717, 1.165) is 18.5 Å². The molecule has 1 fully saturated rings. The Bertz CT molecular complexity index is 651. The van der Waals surface area contributed by atoms with Crippen LogP contribution < -0.4 is 0 Å². The summed E-state index contributed by atoms with van der Waals surface area (Å²) in [5.74, 6) is 0.668. The molecule has 0 aliphatic carbocycles. The first-order valence-corrected chi connectivity index (χ1v) is 8.45. The van der Waals surface area contributed by atoms with Gasteiger partial charge in [-0.15, -0.1) is 0 Å². The van der Waals surface area contributed by atoms with Gasteiger partial charge in [-0.05, 0) is 24.8 Å². The fourth-order valence-electron chi connectivity index (χ4n) is 2.89. The number of hydrogen-bond acceptors (Lipinski definition) is 5. The lowest BCUT2D eigenvalue weighted by atomic mass is 10.1. The average Bonchev–Trinajstić information content (AvgIpc) is 3.15. The monoisotopic (exact) mass is 332 g/mol. The van der Waals surface area contributed by atoms with Crippen LogP contribution in [0.5, 0.6) is 0 Å². The Kier molecular flexibility index (Phi) is 5.30. The van der Waals surface area contributed by atoms with Crippen LogP contribution in [0.1, 0.15) is 36.5 Å². The highest BCUT2D eigenvalue weighted by Gasteiger charge is 2.26. The first-order chi connectivity index (χ1) is 11.6. The highest BCUT2D eigenvalue weighted by Crippen LogP contribution is 2.15. The van der Waals surface area contributed by atoms with E-state index in [1.807, 2.05) is 16.9 Å². The third-order valence-electron chi connectivity index (χ3n) is 3.97. The molecule has 0 aromatic carbocycles. The summed E-state index contributed by atoms with van der Waals surface area (Å²) in [7, 11) is 0. The predicted molar refractivity (Wildman–Crippen MR) is 87.5 cm³/mol. The smallest absolute Gasteiger partial charge is 0.292 e. The van der Waals surface area contributed by atoms with E-state index in [1.54, 1.807) is 17.2 Å². The molecule has 2 aromatic heterocycles. The lowest BCUT2D eigenvalue weighted by Crippen LogP contribution is -2.38. The number of carbonyl (C=O) groups excluding carboxylic acids is 1. The fraction of sp³-hybridized carbons (Fsp3) is 0.588. The van der Waals surface area contributed by atoms with E-state index in [1.165, 1.54) is 0 Å². The second-order valence-corrected chi connectivity index (χ2v) is 6.61. The zero-order valence-corrected chi connectivity index (χ0v) is 14.2. The molecule has 0 spiro atoms. The lowest BCUT2D eigenvalue weighted by Gasteiger charge is -2.22. The van der Waals surface area contributed by atoms with Crippen molar-refractivity contribution in [2.75, 3.05) is 19.7 Å². The number of hydrogen-bond donors (Lipinski definition) is 0. The van der Waals surface area contributed by atoms with Gasteiger partial charge in [0.25, 0.3) is 5.91 Å². The first kappa shape index (κ1) is 16.7. The summed E-state index contributed by atoms with van der Waals surface area (Å²) in [6, 6.07) is 3.64. The van der Waals surface area contributed by atoms with Gasteiger partial charge in [-0.2, -0.15) is 5.10 Å². The molecule has 7 nitrogen and oxygen atoms in total. The minimum absolute atomic E-state index is 0.0746. The predicted octanol–water partition coefficient (Wildman–Crippen LogP) is 2.00. The van der Waals surface area contributed by atoms with Crippen molar-refractivity contribution in [3.63, 3.8) is 0 Å². The van der Waals surface area contributed by atoms with E-state index in [0.29, 0.717) is 37.9 Å². The van der Waals surface area contributed by atoms with Crippen LogP contribution in [0, 0.1) is 5.92 Å². The zero-order valence-electron chi connectivity index (χ0n) is 14.2. The summed E-state index contributed by atoms with van der Waals surface area (Å²) < 4.78 is 12.9. The Hall–Kier alpha value is -2.15. The van der Waals surface area contributed by atoms with Crippen molar-refractivity contribution in [2.45, 2.75) is 39.3 Å². The summed E-state index contributed by atoms with van der Waals surface area (Å²) >= 11 is 0. The molecule has 0 radical (unpaired) electrons. The molecule has 2 aromatic rings. The van der Waals surface area contributed by atoms with Crippen LogP contribution in [0.4, 0.5) is 0 Å². The van der Waals surface area contributed by atoms with E-state index in [9.17, 15) is 4.79 Å². The van der Waals surface area contributed by atoms with Crippen molar-refractivity contribution >= 4 is 5.91 Å². The summed E-state index contributed by atoms with van der Waals surface area (Å²) in [5, 5.41) is 8.21. The van der Waals surface area contributed by atoms with Crippen molar-refractivity contribution in [3.8, 4) is 0 Å². The number of aromatic nitrogens is 3. The molecule has 3 rings (SSSR count). The number of amides is 1. The summed E-state index contributed by atoms with van der Waals surface area (Å²) in [6.07, 6.45) is 5.18. The Labute approximate surface area is 141 Å². The van der Waals surface area contributed by atoms with Gasteiger partial charge in [-0.1, -0.05) is 19.0 Å². The molecule has 0 bridgehead atoms. The van der Waals surface area contributed by atoms with E-state index >= 15 is 0 Å². The quantitative estimate of drug-likeness (QED) is 0.837.